The van der Waals surface area contributed by atoms with Gasteiger partial charge in [0.2, 0.25) is 0 Å². The number of thioether (sulfide) groups is 1. The third-order valence-electron chi connectivity index (χ3n) is 6.03. The largest absolute Gasteiger partial charge is 0.342 e. The number of hydrogen-bond acceptors (Lipinski definition) is 3. The molecule has 1 saturated heterocycles. The van der Waals surface area contributed by atoms with Crippen LogP contribution in [0.15, 0.2) is 82.3 Å². The summed E-state index contributed by atoms with van der Waals surface area (Å²) in [5.74, 6) is -0.278. The zero-order valence-corrected chi connectivity index (χ0v) is 21.3. The van der Waals surface area contributed by atoms with Gasteiger partial charge in [-0.2, -0.15) is 0 Å². The van der Waals surface area contributed by atoms with Crippen LogP contribution in [0.3, 0.4) is 0 Å². The molecule has 4 nitrogen and oxygen atoms in total. The van der Waals surface area contributed by atoms with Crippen molar-refractivity contribution >= 4 is 61.5 Å². The van der Waals surface area contributed by atoms with Crippen LogP contribution in [0, 0.1) is 6.92 Å². The van der Waals surface area contributed by atoms with Gasteiger partial charge in [-0.3, -0.25) is 9.59 Å². The zero-order chi connectivity index (χ0) is 23.8. The van der Waals surface area contributed by atoms with E-state index < -0.39 is 0 Å². The summed E-state index contributed by atoms with van der Waals surface area (Å²) in [4.78, 5) is 27.6. The van der Waals surface area contributed by atoms with Crippen molar-refractivity contribution in [3.63, 3.8) is 0 Å². The molecule has 0 spiro atoms. The Morgan fingerprint density at radius 3 is 2.41 bits per heavy atom. The number of halogens is 1. The van der Waals surface area contributed by atoms with E-state index in [2.05, 4.69) is 63.9 Å². The van der Waals surface area contributed by atoms with Gasteiger partial charge in [0, 0.05) is 28.2 Å². The SMILES string of the molecule is CCc1cccc2c(/C=C3\SC(=O)N(c4ccc(C)cc4)C3=O)cn(Cc3ccc(Br)cc3)c12. The zero-order valence-electron chi connectivity index (χ0n) is 18.9. The predicted molar refractivity (Wildman–Crippen MR) is 144 cm³/mol. The fourth-order valence-corrected chi connectivity index (χ4v) is 5.40. The van der Waals surface area contributed by atoms with Crippen molar-refractivity contribution in [2.24, 2.45) is 0 Å². The molecule has 0 aliphatic carbocycles. The molecule has 6 heteroatoms. The number of benzene rings is 3. The number of carbonyl (C=O) groups is 2. The van der Waals surface area contributed by atoms with Gasteiger partial charge >= 0.3 is 0 Å². The minimum Gasteiger partial charge on any atom is -0.342 e. The summed E-state index contributed by atoms with van der Waals surface area (Å²) < 4.78 is 3.29. The Morgan fingerprint density at radius 2 is 1.71 bits per heavy atom. The molecule has 1 aliphatic heterocycles. The molecule has 0 saturated carbocycles. The molecular formula is C28H23BrN2O2S. The molecule has 3 aromatic carbocycles. The number of fused-ring (bicyclic) bond motifs is 1. The van der Waals surface area contributed by atoms with Gasteiger partial charge in [0.05, 0.1) is 16.1 Å². The van der Waals surface area contributed by atoms with Crippen molar-refractivity contribution in [1.82, 2.24) is 4.57 Å². The molecule has 1 aliphatic rings. The quantitative estimate of drug-likeness (QED) is 0.250. The van der Waals surface area contributed by atoms with E-state index in [4.69, 9.17) is 0 Å². The second-order valence-corrected chi connectivity index (χ2v) is 10.3. The van der Waals surface area contributed by atoms with Crippen molar-refractivity contribution < 1.29 is 9.59 Å². The number of aryl methyl sites for hydroxylation is 2. The van der Waals surface area contributed by atoms with Crippen LogP contribution in [0.4, 0.5) is 10.5 Å². The standard InChI is InChI=1S/C28H23BrN2O2S/c1-3-20-5-4-6-24-21(17-30(26(20)24)16-19-9-11-22(29)12-10-19)15-25-27(32)31(28(33)34-25)23-13-7-18(2)8-14-23/h4-15,17H,3,16H2,1-2H3/b25-15-. The highest BCUT2D eigenvalue weighted by Crippen LogP contribution is 2.37. The molecule has 4 aromatic rings. The number of carbonyl (C=O) groups excluding carboxylic acids is 2. The minimum absolute atomic E-state index is 0.270. The van der Waals surface area contributed by atoms with E-state index in [9.17, 15) is 9.59 Å². The molecule has 0 N–H and O–H groups in total. The van der Waals surface area contributed by atoms with Crippen LogP contribution < -0.4 is 4.90 Å². The lowest BCUT2D eigenvalue weighted by molar-refractivity contribution is -0.113. The van der Waals surface area contributed by atoms with E-state index in [1.165, 1.54) is 16.0 Å². The molecule has 0 unspecified atom stereocenters. The van der Waals surface area contributed by atoms with Gasteiger partial charge in [-0.05, 0) is 66.6 Å². The van der Waals surface area contributed by atoms with Crippen LogP contribution in [0.25, 0.3) is 17.0 Å². The van der Waals surface area contributed by atoms with Crippen molar-refractivity contribution in [1.29, 1.82) is 0 Å². The van der Waals surface area contributed by atoms with E-state index >= 15 is 0 Å². The molecule has 34 heavy (non-hydrogen) atoms. The summed E-state index contributed by atoms with van der Waals surface area (Å²) in [6.45, 7) is 4.85. The molecule has 0 radical (unpaired) electrons. The molecular weight excluding hydrogens is 508 g/mol. The molecule has 0 bridgehead atoms. The second kappa shape index (κ2) is 9.28. The fourth-order valence-electron chi connectivity index (χ4n) is 4.30. The number of amides is 2. The highest BCUT2D eigenvalue weighted by atomic mass is 79.9. The van der Waals surface area contributed by atoms with Crippen LogP contribution in [-0.2, 0) is 17.8 Å². The lowest BCUT2D eigenvalue weighted by Crippen LogP contribution is -2.27. The van der Waals surface area contributed by atoms with Crippen LogP contribution in [0.5, 0.6) is 0 Å². The molecule has 1 fully saturated rings. The summed E-state index contributed by atoms with van der Waals surface area (Å²) in [6, 6.07) is 22.0. The lowest BCUT2D eigenvalue weighted by Gasteiger charge is -2.12. The van der Waals surface area contributed by atoms with Crippen molar-refractivity contribution in [2.75, 3.05) is 4.90 Å². The highest BCUT2D eigenvalue weighted by molar-refractivity contribution is 9.10. The van der Waals surface area contributed by atoms with Gasteiger partial charge in [0.1, 0.15) is 0 Å². The Hall–Kier alpha value is -3.09. The Balaban J connectivity index is 1.56. The first-order chi connectivity index (χ1) is 16.4. The number of anilines is 1. The van der Waals surface area contributed by atoms with E-state index in [1.807, 2.05) is 49.4 Å². The third kappa shape index (κ3) is 4.24. The maximum atomic E-state index is 13.2. The van der Waals surface area contributed by atoms with Crippen molar-refractivity contribution in [3.8, 4) is 0 Å². The Kier molecular flexibility index (Phi) is 6.19. The molecule has 2 heterocycles. The van der Waals surface area contributed by atoms with Crippen LogP contribution >= 0.6 is 27.7 Å². The topological polar surface area (TPSA) is 42.3 Å². The minimum atomic E-state index is -0.278. The Bertz CT molecular complexity index is 1440. The molecule has 1 aromatic heterocycles. The normalized spacial score (nSPS) is 15.1. The van der Waals surface area contributed by atoms with E-state index in [1.54, 1.807) is 0 Å². The summed E-state index contributed by atoms with van der Waals surface area (Å²) in [7, 11) is 0. The van der Waals surface area contributed by atoms with Gasteiger partial charge in [-0.15, -0.1) is 0 Å². The van der Waals surface area contributed by atoms with Gasteiger partial charge in [0.25, 0.3) is 11.1 Å². The van der Waals surface area contributed by atoms with Crippen LogP contribution in [-0.4, -0.2) is 15.7 Å². The maximum Gasteiger partial charge on any atom is 0.298 e. The number of hydrogen-bond donors (Lipinski definition) is 0. The van der Waals surface area contributed by atoms with E-state index in [0.717, 1.165) is 51.2 Å². The number of imide groups is 1. The maximum absolute atomic E-state index is 13.2. The second-order valence-electron chi connectivity index (χ2n) is 8.36. The molecule has 5 rings (SSSR count). The number of nitrogens with zero attached hydrogens (tertiary/aromatic N) is 2. The number of aromatic nitrogens is 1. The van der Waals surface area contributed by atoms with Crippen LogP contribution in [0.2, 0.25) is 0 Å². The first-order valence-electron chi connectivity index (χ1n) is 11.1. The summed E-state index contributed by atoms with van der Waals surface area (Å²) in [6.07, 6.45) is 4.86. The van der Waals surface area contributed by atoms with Gasteiger partial charge < -0.3 is 4.57 Å². The Morgan fingerprint density at radius 1 is 0.971 bits per heavy atom. The first-order valence-corrected chi connectivity index (χ1v) is 12.8. The average Bonchev–Trinajstić information content (AvgIpc) is 3.32. The predicted octanol–water partition coefficient (Wildman–Crippen LogP) is 7.56. The number of para-hydroxylation sites is 1. The third-order valence-corrected chi connectivity index (χ3v) is 7.43. The van der Waals surface area contributed by atoms with Gasteiger partial charge in [-0.25, -0.2) is 4.90 Å². The smallest absolute Gasteiger partial charge is 0.298 e. The fraction of sp³-hybridized carbons (Fsp3) is 0.143. The van der Waals surface area contributed by atoms with E-state index in [-0.39, 0.29) is 11.1 Å². The lowest BCUT2D eigenvalue weighted by atomic mass is 10.1. The molecule has 170 valence electrons. The summed E-state index contributed by atoms with van der Waals surface area (Å²) in [5.41, 5.74) is 6.23. The van der Waals surface area contributed by atoms with E-state index in [0.29, 0.717) is 10.6 Å². The molecule has 2 amide bonds. The van der Waals surface area contributed by atoms with Crippen LogP contribution in [0.1, 0.15) is 29.2 Å². The van der Waals surface area contributed by atoms with Gasteiger partial charge in [-0.1, -0.05) is 70.9 Å². The summed E-state index contributed by atoms with van der Waals surface area (Å²) in [5, 5.41) is 0.812. The van der Waals surface area contributed by atoms with Gasteiger partial charge in [0.15, 0.2) is 0 Å². The highest BCUT2D eigenvalue weighted by Gasteiger charge is 2.36. The monoisotopic (exact) mass is 530 g/mol. The first kappa shape index (κ1) is 22.7. The average molecular weight is 531 g/mol. The molecule has 0 atom stereocenters. The Labute approximate surface area is 211 Å². The summed E-state index contributed by atoms with van der Waals surface area (Å²) >= 11 is 4.49. The van der Waals surface area contributed by atoms with Crippen molar-refractivity contribution in [3.05, 3.63) is 105 Å². The number of rotatable bonds is 5. The van der Waals surface area contributed by atoms with Crippen molar-refractivity contribution in [2.45, 2.75) is 26.8 Å².